The molecule has 22 heavy (non-hydrogen) atoms. The lowest BCUT2D eigenvalue weighted by Gasteiger charge is -2.31. The molecule has 0 aromatic carbocycles. The molecule has 0 amide bonds. The summed E-state index contributed by atoms with van der Waals surface area (Å²) in [6, 6.07) is 3.72. The van der Waals surface area contributed by atoms with Crippen molar-refractivity contribution in [2.45, 2.75) is 19.8 Å². The van der Waals surface area contributed by atoms with Crippen LogP contribution < -0.4 is 9.64 Å². The average Bonchev–Trinajstić information content (AvgIpc) is 2.55. The van der Waals surface area contributed by atoms with E-state index in [4.69, 9.17) is 16.3 Å². The molecule has 1 aliphatic rings. The highest BCUT2D eigenvalue weighted by Crippen LogP contribution is 2.25. The number of rotatable bonds is 4. The Morgan fingerprint density at radius 3 is 2.82 bits per heavy atom. The van der Waals surface area contributed by atoms with Crippen LogP contribution in [0.4, 0.5) is 5.95 Å². The fourth-order valence-electron chi connectivity index (χ4n) is 2.57. The first-order valence-corrected chi connectivity index (χ1v) is 7.87. The second kappa shape index (κ2) is 6.92. The summed E-state index contributed by atoms with van der Waals surface area (Å²) in [5.41, 5.74) is 1.00. The third-order valence-corrected chi connectivity index (χ3v) is 4.17. The van der Waals surface area contributed by atoms with Crippen LogP contribution in [0.2, 0.25) is 5.02 Å². The lowest BCUT2D eigenvalue weighted by molar-refractivity contribution is 0.222. The van der Waals surface area contributed by atoms with E-state index >= 15 is 0 Å². The minimum Gasteiger partial charge on any atom is -0.492 e. The zero-order chi connectivity index (χ0) is 15.4. The lowest BCUT2D eigenvalue weighted by atomic mass is 9.98. The van der Waals surface area contributed by atoms with E-state index in [1.807, 2.05) is 19.2 Å². The number of hydrogen-bond donors (Lipinski definition) is 0. The van der Waals surface area contributed by atoms with Gasteiger partial charge in [-0.1, -0.05) is 11.6 Å². The molecule has 1 aliphatic heterocycles. The highest BCUT2D eigenvalue weighted by atomic mass is 35.5. The second-order valence-corrected chi connectivity index (χ2v) is 5.95. The van der Waals surface area contributed by atoms with Crippen LogP contribution in [-0.4, -0.2) is 34.6 Å². The highest BCUT2D eigenvalue weighted by molar-refractivity contribution is 6.31. The summed E-state index contributed by atoms with van der Waals surface area (Å²) in [7, 11) is 0. The summed E-state index contributed by atoms with van der Waals surface area (Å²) >= 11 is 6.05. The van der Waals surface area contributed by atoms with Crippen LogP contribution in [0, 0.1) is 12.8 Å². The molecule has 0 atom stereocenters. The molecule has 0 spiro atoms. The Balaban J connectivity index is 1.51. The molecule has 116 valence electrons. The molecule has 3 rings (SSSR count). The van der Waals surface area contributed by atoms with E-state index in [-0.39, 0.29) is 0 Å². The topological polar surface area (TPSA) is 51.1 Å². The maximum Gasteiger partial charge on any atom is 0.225 e. The van der Waals surface area contributed by atoms with Crippen molar-refractivity contribution in [3.05, 3.63) is 41.4 Å². The molecule has 0 unspecified atom stereocenters. The summed E-state index contributed by atoms with van der Waals surface area (Å²) in [4.78, 5) is 15.0. The Bertz CT molecular complexity index is 629. The zero-order valence-corrected chi connectivity index (χ0v) is 13.3. The van der Waals surface area contributed by atoms with Crippen LogP contribution in [0.15, 0.2) is 30.7 Å². The number of pyridine rings is 1. The fourth-order valence-corrected chi connectivity index (χ4v) is 2.75. The van der Waals surface area contributed by atoms with Crippen molar-refractivity contribution < 1.29 is 4.74 Å². The average molecular weight is 319 g/mol. The van der Waals surface area contributed by atoms with Crippen molar-refractivity contribution in [2.24, 2.45) is 5.92 Å². The first-order chi connectivity index (χ1) is 10.7. The normalized spacial score (nSPS) is 15.8. The standard InChI is InChI=1S/C16H19ClN4O/c1-12-2-7-19-16(20-12)21-8-4-13(5-9-21)11-22-15-3-6-18-10-14(15)17/h2-3,6-7,10,13H,4-5,8-9,11H2,1H3. The number of aromatic nitrogens is 3. The van der Waals surface area contributed by atoms with Crippen LogP contribution in [-0.2, 0) is 0 Å². The smallest absolute Gasteiger partial charge is 0.225 e. The molecule has 3 heterocycles. The summed E-state index contributed by atoms with van der Waals surface area (Å²) in [6.45, 7) is 4.60. The van der Waals surface area contributed by atoms with Gasteiger partial charge in [0.1, 0.15) is 10.8 Å². The molecule has 0 aliphatic carbocycles. The molecule has 2 aromatic rings. The summed E-state index contributed by atoms with van der Waals surface area (Å²) < 4.78 is 5.81. The Morgan fingerprint density at radius 2 is 2.09 bits per heavy atom. The fraction of sp³-hybridized carbons (Fsp3) is 0.438. The summed E-state index contributed by atoms with van der Waals surface area (Å²) in [6.07, 6.45) is 7.26. The monoisotopic (exact) mass is 318 g/mol. The van der Waals surface area contributed by atoms with Gasteiger partial charge >= 0.3 is 0 Å². The van der Waals surface area contributed by atoms with Gasteiger partial charge in [-0.3, -0.25) is 4.98 Å². The summed E-state index contributed by atoms with van der Waals surface area (Å²) in [5, 5.41) is 0.563. The molecule has 0 saturated carbocycles. The molecule has 1 saturated heterocycles. The van der Waals surface area contributed by atoms with E-state index < -0.39 is 0 Å². The molecule has 1 fully saturated rings. The second-order valence-electron chi connectivity index (χ2n) is 5.55. The van der Waals surface area contributed by atoms with E-state index in [2.05, 4.69) is 19.9 Å². The Labute approximate surface area is 135 Å². The predicted octanol–water partition coefficient (Wildman–Crippen LogP) is 3.13. The predicted molar refractivity (Wildman–Crippen MR) is 86.4 cm³/mol. The van der Waals surface area contributed by atoms with Gasteiger partial charge < -0.3 is 9.64 Å². The van der Waals surface area contributed by atoms with Gasteiger partial charge in [-0.15, -0.1) is 0 Å². The zero-order valence-electron chi connectivity index (χ0n) is 12.6. The van der Waals surface area contributed by atoms with Gasteiger partial charge in [0.15, 0.2) is 0 Å². The van der Waals surface area contributed by atoms with Gasteiger partial charge in [0.05, 0.1) is 6.61 Å². The number of hydrogen-bond acceptors (Lipinski definition) is 5. The van der Waals surface area contributed by atoms with Crippen molar-refractivity contribution >= 4 is 17.5 Å². The Kier molecular flexibility index (Phi) is 4.73. The van der Waals surface area contributed by atoms with Gasteiger partial charge in [-0.25, -0.2) is 9.97 Å². The number of nitrogens with zero attached hydrogens (tertiary/aromatic N) is 4. The van der Waals surface area contributed by atoms with Gasteiger partial charge in [-0.05, 0) is 31.7 Å². The van der Waals surface area contributed by atoms with Crippen molar-refractivity contribution in [3.63, 3.8) is 0 Å². The van der Waals surface area contributed by atoms with E-state index in [0.717, 1.165) is 37.6 Å². The Hall–Kier alpha value is -1.88. The van der Waals surface area contributed by atoms with Crippen LogP contribution in [0.5, 0.6) is 5.75 Å². The maximum atomic E-state index is 6.05. The molecule has 2 aromatic heterocycles. The number of piperidine rings is 1. The number of ether oxygens (including phenoxy) is 1. The Morgan fingerprint density at radius 1 is 1.27 bits per heavy atom. The third-order valence-electron chi connectivity index (χ3n) is 3.89. The van der Waals surface area contributed by atoms with Crippen LogP contribution >= 0.6 is 11.6 Å². The SMILES string of the molecule is Cc1ccnc(N2CCC(COc3ccncc3Cl)CC2)n1. The van der Waals surface area contributed by atoms with Gasteiger partial charge in [-0.2, -0.15) is 0 Å². The minimum absolute atomic E-state index is 0.533. The highest BCUT2D eigenvalue weighted by Gasteiger charge is 2.21. The molecule has 6 heteroatoms. The largest absolute Gasteiger partial charge is 0.492 e. The number of aryl methyl sites for hydroxylation is 1. The molecular weight excluding hydrogens is 300 g/mol. The molecule has 5 nitrogen and oxygen atoms in total. The first-order valence-electron chi connectivity index (χ1n) is 7.49. The van der Waals surface area contributed by atoms with Gasteiger partial charge in [0.25, 0.3) is 0 Å². The quantitative estimate of drug-likeness (QED) is 0.867. The van der Waals surface area contributed by atoms with Gasteiger partial charge in [0, 0.05) is 43.4 Å². The maximum absolute atomic E-state index is 6.05. The minimum atomic E-state index is 0.533. The van der Waals surface area contributed by atoms with Crippen molar-refractivity contribution in [3.8, 4) is 5.75 Å². The van der Waals surface area contributed by atoms with E-state index in [1.54, 1.807) is 18.5 Å². The van der Waals surface area contributed by atoms with E-state index in [0.29, 0.717) is 23.3 Å². The van der Waals surface area contributed by atoms with Crippen LogP contribution in [0.3, 0.4) is 0 Å². The first kappa shape index (κ1) is 15.0. The molecule has 0 radical (unpaired) electrons. The van der Waals surface area contributed by atoms with E-state index in [1.165, 1.54) is 0 Å². The number of anilines is 1. The molecule has 0 bridgehead atoms. The third kappa shape index (κ3) is 3.65. The van der Waals surface area contributed by atoms with Crippen molar-refractivity contribution in [2.75, 3.05) is 24.6 Å². The van der Waals surface area contributed by atoms with Crippen LogP contribution in [0.25, 0.3) is 0 Å². The lowest BCUT2D eigenvalue weighted by Crippen LogP contribution is -2.36. The number of halogens is 1. The van der Waals surface area contributed by atoms with Gasteiger partial charge in [0.2, 0.25) is 5.95 Å². The van der Waals surface area contributed by atoms with Crippen molar-refractivity contribution in [1.29, 1.82) is 0 Å². The summed E-state index contributed by atoms with van der Waals surface area (Å²) in [5.74, 6) is 2.07. The molecule has 0 N–H and O–H groups in total. The van der Waals surface area contributed by atoms with Crippen LogP contribution in [0.1, 0.15) is 18.5 Å². The molecular formula is C16H19ClN4O. The van der Waals surface area contributed by atoms with Crippen molar-refractivity contribution in [1.82, 2.24) is 15.0 Å². The van der Waals surface area contributed by atoms with E-state index in [9.17, 15) is 0 Å².